The Labute approximate surface area is 113 Å². The van der Waals surface area contributed by atoms with Crippen molar-refractivity contribution in [3.63, 3.8) is 0 Å². The van der Waals surface area contributed by atoms with Gasteiger partial charge in [-0.1, -0.05) is 60.8 Å². The zero-order valence-electron chi connectivity index (χ0n) is 8.86. The van der Waals surface area contributed by atoms with Gasteiger partial charge in [-0.2, -0.15) is 0 Å². The van der Waals surface area contributed by atoms with Crippen molar-refractivity contribution in [2.24, 2.45) is 0 Å². The first-order chi connectivity index (χ1) is 7.56. The number of hydrogen-bond donors (Lipinski definition) is 0. The van der Waals surface area contributed by atoms with Crippen LogP contribution in [0.2, 0.25) is 5.02 Å². The molecule has 1 heterocycles. The minimum atomic E-state index is 0.517. The lowest BCUT2D eigenvalue weighted by molar-refractivity contribution is 1.10. The summed E-state index contributed by atoms with van der Waals surface area (Å²) in [5.41, 5.74) is 0.927. The highest BCUT2D eigenvalue weighted by atomic mass is 35.5. The smallest absolute Gasteiger partial charge is 0.152 e. The van der Waals surface area contributed by atoms with Gasteiger partial charge in [-0.3, -0.25) is 0 Å². The second-order valence-electron chi connectivity index (χ2n) is 3.60. The molecule has 0 saturated carbocycles. The van der Waals surface area contributed by atoms with Gasteiger partial charge in [-0.25, -0.2) is 4.98 Å². The molecule has 2 rings (SSSR count). The molecule has 0 spiro atoms. The molecule has 16 heavy (non-hydrogen) atoms. The van der Waals surface area contributed by atoms with Crippen LogP contribution in [0, 0.1) is 3.82 Å². The molecule has 1 aromatic carbocycles. The van der Waals surface area contributed by atoms with Gasteiger partial charge in [0.15, 0.2) is 4.34 Å². The summed E-state index contributed by atoms with van der Waals surface area (Å²) >= 11 is 14.6. The quantitative estimate of drug-likeness (QED) is 0.558. The highest BCUT2D eigenvalue weighted by Gasteiger charge is 2.05. The molecule has 0 unspecified atom stereocenters. The molecule has 2 aromatic rings. The van der Waals surface area contributed by atoms with Crippen LogP contribution in [0.15, 0.2) is 22.5 Å². The fourth-order valence-corrected chi connectivity index (χ4v) is 4.16. The van der Waals surface area contributed by atoms with E-state index in [1.807, 2.05) is 18.2 Å². The summed E-state index contributed by atoms with van der Waals surface area (Å²) in [5, 5.41) is 2.19. The SMILES string of the molecule is CC(C)Sc1nc2ccc(Cl)cc2c(=S)s1. The molecule has 0 bridgehead atoms. The number of nitrogens with zero attached hydrogens (tertiary/aromatic N) is 1. The second kappa shape index (κ2) is 5.00. The highest BCUT2D eigenvalue weighted by molar-refractivity contribution is 8.01. The van der Waals surface area contributed by atoms with Crippen LogP contribution in [0.1, 0.15) is 13.8 Å². The lowest BCUT2D eigenvalue weighted by Gasteiger charge is -2.04. The molecule has 0 radical (unpaired) electrons. The van der Waals surface area contributed by atoms with Crippen LogP contribution in [0.25, 0.3) is 10.9 Å². The zero-order valence-corrected chi connectivity index (χ0v) is 12.1. The van der Waals surface area contributed by atoms with Crippen LogP contribution in [0.4, 0.5) is 0 Å². The van der Waals surface area contributed by atoms with E-state index in [-0.39, 0.29) is 0 Å². The Morgan fingerprint density at radius 3 is 2.88 bits per heavy atom. The number of hydrogen-bond acceptors (Lipinski definition) is 4. The standard InChI is InChI=1S/C11H10ClNS3/c1-6(2)15-11-13-9-4-3-7(12)5-8(9)10(14)16-11/h3-6H,1-2H3. The Morgan fingerprint density at radius 1 is 1.44 bits per heavy atom. The number of thioether (sulfide) groups is 1. The van der Waals surface area contributed by atoms with Gasteiger partial charge in [0.1, 0.15) is 3.82 Å². The predicted octanol–water partition coefficient (Wildman–Crippen LogP) is 5.18. The third-order valence-corrected chi connectivity index (χ3v) is 4.59. The maximum atomic E-state index is 5.94. The Hall–Kier alpha value is -0.160. The van der Waals surface area contributed by atoms with Gasteiger partial charge in [0.25, 0.3) is 0 Å². The lowest BCUT2D eigenvalue weighted by Crippen LogP contribution is -1.88. The summed E-state index contributed by atoms with van der Waals surface area (Å²) in [6.07, 6.45) is 0. The van der Waals surface area contributed by atoms with Gasteiger partial charge < -0.3 is 0 Å². The van der Waals surface area contributed by atoms with Crippen LogP contribution >= 0.6 is 46.9 Å². The van der Waals surface area contributed by atoms with Crippen molar-refractivity contribution in [1.82, 2.24) is 4.98 Å². The molecule has 0 atom stereocenters. The van der Waals surface area contributed by atoms with E-state index in [0.717, 1.165) is 19.1 Å². The van der Waals surface area contributed by atoms with E-state index in [0.29, 0.717) is 10.3 Å². The van der Waals surface area contributed by atoms with Gasteiger partial charge in [-0.05, 0) is 18.2 Å². The molecular formula is C11H10ClNS3. The number of rotatable bonds is 2. The van der Waals surface area contributed by atoms with Crippen LogP contribution in [0.5, 0.6) is 0 Å². The monoisotopic (exact) mass is 287 g/mol. The van der Waals surface area contributed by atoms with Crippen molar-refractivity contribution in [1.29, 1.82) is 0 Å². The Bertz CT molecular complexity index is 577. The molecule has 0 N–H and O–H groups in total. The van der Waals surface area contributed by atoms with Gasteiger partial charge in [-0.15, -0.1) is 0 Å². The van der Waals surface area contributed by atoms with Gasteiger partial charge in [0, 0.05) is 15.7 Å². The second-order valence-corrected chi connectivity index (χ2v) is 7.52. The summed E-state index contributed by atoms with van der Waals surface area (Å²) in [7, 11) is 0. The van der Waals surface area contributed by atoms with Gasteiger partial charge in [0.2, 0.25) is 0 Å². The van der Waals surface area contributed by atoms with Crippen molar-refractivity contribution in [3.05, 3.63) is 27.0 Å². The summed E-state index contributed by atoms with van der Waals surface area (Å²) < 4.78 is 1.88. The Kier molecular flexibility index (Phi) is 3.85. The highest BCUT2D eigenvalue weighted by Crippen LogP contribution is 2.30. The Morgan fingerprint density at radius 2 is 2.19 bits per heavy atom. The van der Waals surface area contributed by atoms with Gasteiger partial charge in [0.05, 0.1) is 5.52 Å². The lowest BCUT2D eigenvalue weighted by atomic mass is 10.3. The van der Waals surface area contributed by atoms with E-state index in [9.17, 15) is 0 Å². The van der Waals surface area contributed by atoms with E-state index < -0.39 is 0 Å². The van der Waals surface area contributed by atoms with Crippen LogP contribution in [0.3, 0.4) is 0 Å². The zero-order chi connectivity index (χ0) is 11.7. The summed E-state index contributed by atoms with van der Waals surface area (Å²) in [6, 6.07) is 5.65. The molecule has 0 aliphatic rings. The third kappa shape index (κ3) is 2.74. The fourth-order valence-electron chi connectivity index (χ4n) is 1.28. The van der Waals surface area contributed by atoms with Crippen molar-refractivity contribution in [2.75, 3.05) is 0 Å². The molecular weight excluding hydrogens is 278 g/mol. The van der Waals surface area contributed by atoms with Crippen LogP contribution < -0.4 is 0 Å². The number of halogens is 1. The van der Waals surface area contributed by atoms with E-state index in [1.165, 1.54) is 0 Å². The van der Waals surface area contributed by atoms with Crippen molar-refractivity contribution >= 4 is 57.8 Å². The predicted molar refractivity (Wildman–Crippen MR) is 76.5 cm³/mol. The van der Waals surface area contributed by atoms with E-state index in [4.69, 9.17) is 23.8 Å². The first kappa shape index (κ1) is 12.3. The van der Waals surface area contributed by atoms with Crippen LogP contribution in [-0.2, 0) is 0 Å². The van der Waals surface area contributed by atoms with Crippen LogP contribution in [-0.4, -0.2) is 10.2 Å². The summed E-state index contributed by atoms with van der Waals surface area (Å²) in [5.74, 6) is 0. The van der Waals surface area contributed by atoms with Crippen molar-refractivity contribution < 1.29 is 0 Å². The number of fused-ring (bicyclic) bond motifs is 1. The topological polar surface area (TPSA) is 12.9 Å². The van der Waals surface area contributed by atoms with Gasteiger partial charge >= 0.3 is 0 Å². The average molecular weight is 288 g/mol. The normalized spacial score (nSPS) is 11.2. The number of benzene rings is 1. The maximum absolute atomic E-state index is 5.94. The van der Waals surface area contributed by atoms with E-state index in [2.05, 4.69) is 18.8 Å². The number of aromatic nitrogens is 1. The molecule has 1 nitrogen and oxygen atoms in total. The molecule has 0 aliphatic heterocycles. The van der Waals surface area contributed by atoms with E-state index in [1.54, 1.807) is 23.1 Å². The molecule has 5 heteroatoms. The molecule has 0 aliphatic carbocycles. The summed E-state index contributed by atoms with van der Waals surface area (Å²) in [6.45, 7) is 4.29. The minimum absolute atomic E-state index is 0.517. The third-order valence-electron chi connectivity index (χ3n) is 1.91. The van der Waals surface area contributed by atoms with Crippen molar-refractivity contribution in [2.45, 2.75) is 23.4 Å². The first-order valence-electron chi connectivity index (χ1n) is 4.83. The average Bonchev–Trinajstić information content (AvgIpc) is 2.18. The largest absolute Gasteiger partial charge is 0.230 e. The molecule has 1 aromatic heterocycles. The molecule has 0 saturated heterocycles. The minimum Gasteiger partial charge on any atom is -0.230 e. The van der Waals surface area contributed by atoms with E-state index >= 15 is 0 Å². The fraction of sp³-hybridized carbons (Fsp3) is 0.273. The molecule has 0 fully saturated rings. The molecule has 84 valence electrons. The summed E-state index contributed by atoms with van der Waals surface area (Å²) in [4.78, 5) is 4.57. The molecule has 0 amide bonds. The van der Waals surface area contributed by atoms with Crippen molar-refractivity contribution in [3.8, 4) is 0 Å². The first-order valence-corrected chi connectivity index (χ1v) is 7.31. The Balaban J connectivity index is 2.59. The maximum Gasteiger partial charge on any atom is 0.152 e.